The van der Waals surface area contributed by atoms with Crippen LogP contribution in [0.5, 0.6) is 0 Å². The van der Waals surface area contributed by atoms with Crippen molar-refractivity contribution in [2.24, 2.45) is 0 Å². The topological polar surface area (TPSA) is 37.7 Å². The summed E-state index contributed by atoms with van der Waals surface area (Å²) in [5, 5.41) is 3.90. The lowest BCUT2D eigenvalue weighted by Crippen LogP contribution is -2.52. The highest BCUT2D eigenvalue weighted by Gasteiger charge is 2.29. The summed E-state index contributed by atoms with van der Waals surface area (Å²) >= 11 is 1.83. The van der Waals surface area contributed by atoms with Gasteiger partial charge in [0.25, 0.3) is 0 Å². The molecule has 130 valence electrons. The lowest BCUT2D eigenvalue weighted by atomic mass is 10.0. The minimum absolute atomic E-state index is 0.189. The Kier molecular flexibility index (Phi) is 5.93. The van der Waals surface area contributed by atoms with Crippen LogP contribution in [-0.4, -0.2) is 48.0 Å². The van der Waals surface area contributed by atoms with Gasteiger partial charge in [-0.25, -0.2) is 9.80 Å². The van der Waals surface area contributed by atoms with Gasteiger partial charge in [0, 0.05) is 36.9 Å². The molecule has 1 saturated heterocycles. The molecule has 0 radical (unpaired) electrons. The summed E-state index contributed by atoms with van der Waals surface area (Å²) < 4.78 is 7.11. The largest absolute Gasteiger partial charge is 0.448 e. The average molecular weight is 347 g/mol. The maximum absolute atomic E-state index is 12.4. The van der Waals surface area contributed by atoms with Crippen LogP contribution in [0.3, 0.4) is 0 Å². The van der Waals surface area contributed by atoms with Gasteiger partial charge in [-0.3, -0.25) is 4.68 Å². The molecule has 1 fully saturated rings. The number of carbonyl (C=O) groups is 1. The van der Waals surface area contributed by atoms with Crippen LogP contribution < -0.4 is 5.01 Å². The molecule has 0 unspecified atom stereocenters. The predicted molar refractivity (Wildman–Crippen MR) is 97.2 cm³/mol. The van der Waals surface area contributed by atoms with Crippen LogP contribution in [0.25, 0.3) is 0 Å². The first-order valence-electron chi connectivity index (χ1n) is 8.62. The van der Waals surface area contributed by atoms with Gasteiger partial charge >= 0.3 is 6.09 Å². The Morgan fingerprint density at radius 1 is 1.29 bits per heavy atom. The molecular weight excluding hydrogens is 322 g/mol. The third-order valence-corrected chi connectivity index (χ3v) is 5.39. The predicted octanol–water partition coefficient (Wildman–Crippen LogP) is 3.35. The molecule has 6 heteroatoms. The van der Waals surface area contributed by atoms with Gasteiger partial charge in [-0.2, -0.15) is 0 Å². The highest BCUT2D eigenvalue weighted by atomic mass is 32.1. The summed E-state index contributed by atoms with van der Waals surface area (Å²) in [6.45, 7) is 5.38. The van der Waals surface area contributed by atoms with Gasteiger partial charge in [0.05, 0.1) is 12.6 Å². The second-order valence-corrected chi connectivity index (χ2v) is 7.04. The molecule has 1 aliphatic rings. The first-order chi connectivity index (χ1) is 11.8. The molecule has 0 aliphatic carbocycles. The summed E-state index contributed by atoms with van der Waals surface area (Å²) in [7, 11) is 0. The number of hydrogen-bond donors (Lipinski definition) is 0. The zero-order chi connectivity index (χ0) is 16.8. The highest BCUT2D eigenvalue weighted by molar-refractivity contribution is 7.09. The molecule has 1 aliphatic heterocycles. The fourth-order valence-corrected chi connectivity index (χ4v) is 3.90. The second kappa shape index (κ2) is 8.35. The zero-order valence-corrected chi connectivity index (χ0v) is 15.0. The standard InChI is InChI=1S/C18H25N3O2S/c1-2-23-18(22)21(20-10-3-4-11-20)16-7-12-19(13-8-16)14-9-17-6-5-15-24-17/h3-6,10-11,15-16H,2,7-9,12-14H2,1H3. The molecule has 5 nitrogen and oxygen atoms in total. The van der Waals surface area contributed by atoms with Gasteiger partial charge < -0.3 is 9.64 Å². The van der Waals surface area contributed by atoms with Gasteiger partial charge in [0.1, 0.15) is 0 Å². The van der Waals surface area contributed by atoms with Crippen LogP contribution in [0.15, 0.2) is 42.0 Å². The molecule has 1 amide bonds. The molecule has 3 heterocycles. The van der Waals surface area contributed by atoms with Crippen LogP contribution in [-0.2, 0) is 11.2 Å². The molecule has 0 N–H and O–H groups in total. The first kappa shape index (κ1) is 17.0. The van der Waals surface area contributed by atoms with E-state index in [0.717, 1.165) is 38.9 Å². The molecule has 0 aromatic carbocycles. The van der Waals surface area contributed by atoms with Crippen molar-refractivity contribution in [1.82, 2.24) is 9.58 Å². The van der Waals surface area contributed by atoms with Crippen LogP contribution in [0.1, 0.15) is 24.6 Å². The average Bonchev–Trinajstić information content (AvgIpc) is 3.28. The number of nitrogens with zero attached hydrogens (tertiary/aromatic N) is 3. The third kappa shape index (κ3) is 4.19. The summed E-state index contributed by atoms with van der Waals surface area (Å²) in [5.74, 6) is 0. The van der Waals surface area contributed by atoms with Crippen molar-refractivity contribution in [3.05, 3.63) is 46.9 Å². The summed E-state index contributed by atoms with van der Waals surface area (Å²) in [4.78, 5) is 16.3. The van der Waals surface area contributed by atoms with Gasteiger partial charge in [-0.05, 0) is 49.8 Å². The molecule has 3 rings (SSSR count). The maximum Gasteiger partial charge on any atom is 0.429 e. The zero-order valence-electron chi connectivity index (χ0n) is 14.1. The van der Waals surface area contributed by atoms with E-state index in [1.54, 1.807) is 5.01 Å². The Morgan fingerprint density at radius 3 is 2.67 bits per heavy atom. The highest BCUT2D eigenvalue weighted by Crippen LogP contribution is 2.18. The van der Waals surface area contributed by atoms with Crippen molar-refractivity contribution in [3.63, 3.8) is 0 Å². The number of piperidine rings is 1. The molecule has 24 heavy (non-hydrogen) atoms. The number of amides is 1. The Labute approximate surface area is 147 Å². The number of likely N-dealkylation sites (tertiary alicyclic amines) is 1. The lowest BCUT2D eigenvalue weighted by Gasteiger charge is -2.38. The van der Waals surface area contributed by atoms with E-state index < -0.39 is 0 Å². The van der Waals surface area contributed by atoms with E-state index in [9.17, 15) is 4.79 Å². The Bertz CT molecular complexity index is 604. The normalized spacial score (nSPS) is 16.2. The first-order valence-corrected chi connectivity index (χ1v) is 9.50. The SMILES string of the molecule is CCOC(=O)N(C1CCN(CCc2cccs2)CC1)n1cccc1. The Hall–Kier alpha value is -1.79. The van der Waals surface area contributed by atoms with E-state index in [1.165, 1.54) is 4.88 Å². The fraction of sp³-hybridized carbons (Fsp3) is 0.500. The Balaban J connectivity index is 1.55. The number of hydrogen-bond acceptors (Lipinski definition) is 4. The quantitative estimate of drug-likeness (QED) is 0.804. The maximum atomic E-state index is 12.4. The van der Waals surface area contributed by atoms with Crippen molar-refractivity contribution >= 4 is 17.4 Å². The van der Waals surface area contributed by atoms with E-state index >= 15 is 0 Å². The minimum atomic E-state index is -0.259. The van der Waals surface area contributed by atoms with Crippen molar-refractivity contribution in [3.8, 4) is 0 Å². The number of aromatic nitrogens is 1. The van der Waals surface area contributed by atoms with E-state index in [-0.39, 0.29) is 12.1 Å². The van der Waals surface area contributed by atoms with Gasteiger partial charge in [0.2, 0.25) is 0 Å². The molecule has 0 atom stereocenters. The third-order valence-electron chi connectivity index (χ3n) is 4.45. The van der Waals surface area contributed by atoms with E-state index in [2.05, 4.69) is 22.4 Å². The number of ether oxygens (including phenoxy) is 1. The van der Waals surface area contributed by atoms with Crippen LogP contribution in [0.4, 0.5) is 4.79 Å². The Morgan fingerprint density at radius 2 is 2.04 bits per heavy atom. The van der Waals surface area contributed by atoms with Crippen molar-refractivity contribution < 1.29 is 9.53 Å². The lowest BCUT2D eigenvalue weighted by molar-refractivity contribution is 0.138. The monoisotopic (exact) mass is 347 g/mol. The number of rotatable bonds is 6. The molecule has 0 bridgehead atoms. The van der Waals surface area contributed by atoms with Crippen molar-refractivity contribution in [2.45, 2.75) is 32.2 Å². The molecule has 2 aromatic rings. The molecule has 2 aromatic heterocycles. The fourth-order valence-electron chi connectivity index (χ4n) is 3.20. The van der Waals surface area contributed by atoms with Crippen LogP contribution in [0.2, 0.25) is 0 Å². The smallest absolute Gasteiger partial charge is 0.429 e. The van der Waals surface area contributed by atoms with Crippen LogP contribution >= 0.6 is 11.3 Å². The second-order valence-electron chi connectivity index (χ2n) is 6.01. The van der Waals surface area contributed by atoms with E-state index in [1.807, 2.05) is 47.5 Å². The van der Waals surface area contributed by atoms with E-state index in [0.29, 0.717) is 6.61 Å². The summed E-state index contributed by atoms with van der Waals surface area (Å²) in [6.07, 6.45) is 6.61. The summed E-state index contributed by atoms with van der Waals surface area (Å²) in [5.41, 5.74) is 0. The molecule has 0 spiro atoms. The van der Waals surface area contributed by atoms with Crippen LogP contribution in [0, 0.1) is 0 Å². The van der Waals surface area contributed by atoms with Gasteiger partial charge in [-0.1, -0.05) is 6.07 Å². The van der Waals surface area contributed by atoms with Gasteiger partial charge in [0.15, 0.2) is 0 Å². The minimum Gasteiger partial charge on any atom is -0.448 e. The van der Waals surface area contributed by atoms with Crippen molar-refractivity contribution in [2.75, 3.05) is 31.3 Å². The van der Waals surface area contributed by atoms with Crippen molar-refractivity contribution in [1.29, 1.82) is 0 Å². The number of carbonyl (C=O) groups excluding carboxylic acids is 1. The summed E-state index contributed by atoms with van der Waals surface area (Å²) in [6, 6.07) is 8.37. The molecule has 0 saturated carbocycles. The molecular formula is C18H25N3O2S. The van der Waals surface area contributed by atoms with Gasteiger partial charge in [-0.15, -0.1) is 11.3 Å². The van der Waals surface area contributed by atoms with E-state index in [4.69, 9.17) is 4.74 Å². The number of thiophene rings is 1.